The van der Waals surface area contributed by atoms with E-state index in [1.807, 2.05) is 24.3 Å². The molecular weight excluding hydrogens is 442 g/mol. The number of ether oxygens (including phenoxy) is 2. The van der Waals surface area contributed by atoms with E-state index >= 15 is 0 Å². The van der Waals surface area contributed by atoms with Crippen LogP contribution in [0.1, 0.15) is 13.8 Å². The zero-order valence-corrected chi connectivity index (χ0v) is 20.0. The van der Waals surface area contributed by atoms with Crippen LogP contribution in [0.5, 0.6) is 0 Å². The molecule has 2 unspecified atom stereocenters. The van der Waals surface area contributed by atoms with E-state index in [0.717, 1.165) is 59.8 Å². The van der Waals surface area contributed by atoms with Crippen LogP contribution in [0.15, 0.2) is 48.7 Å². The molecule has 2 fully saturated rings. The smallest absolute Gasteiger partial charge is 0.229 e. The minimum Gasteiger partial charge on any atom is -0.378 e. The molecule has 180 valence electrons. The van der Waals surface area contributed by atoms with Crippen LogP contribution in [0, 0.1) is 0 Å². The van der Waals surface area contributed by atoms with Crippen LogP contribution in [0.3, 0.4) is 0 Å². The summed E-state index contributed by atoms with van der Waals surface area (Å²) in [5.41, 5.74) is 2.49. The number of fused-ring (bicyclic) bond motifs is 2. The Labute approximate surface area is 204 Å². The molecule has 0 saturated carbocycles. The van der Waals surface area contributed by atoms with Gasteiger partial charge in [-0.25, -0.2) is 4.98 Å². The largest absolute Gasteiger partial charge is 0.378 e. The van der Waals surface area contributed by atoms with Crippen molar-refractivity contribution in [3.8, 4) is 0 Å². The lowest BCUT2D eigenvalue weighted by Crippen LogP contribution is -2.46. The summed E-state index contributed by atoms with van der Waals surface area (Å²) in [5, 5.41) is 5.46. The van der Waals surface area contributed by atoms with Crippen LogP contribution in [-0.4, -0.2) is 71.5 Å². The number of nitrogens with zero attached hydrogens (tertiary/aromatic N) is 6. The van der Waals surface area contributed by atoms with Gasteiger partial charge in [0.05, 0.1) is 42.0 Å². The average Bonchev–Trinajstić information content (AvgIpc) is 2.88. The molecule has 0 spiro atoms. The number of hydrogen-bond acceptors (Lipinski definition) is 9. The predicted octanol–water partition coefficient (Wildman–Crippen LogP) is 3.77. The van der Waals surface area contributed by atoms with Gasteiger partial charge in [0.1, 0.15) is 11.6 Å². The Morgan fingerprint density at radius 1 is 0.886 bits per heavy atom. The van der Waals surface area contributed by atoms with E-state index in [0.29, 0.717) is 24.8 Å². The fourth-order valence-corrected chi connectivity index (χ4v) is 4.89. The minimum absolute atomic E-state index is 0.115. The standard InChI is InChI=1S/C26H29N7O2/c1-17-15-33(16-18(2)35-17)26-30-24-20(25(31-26)32-11-13-34-14-12-32)8-9-22(29-24)28-21-7-3-5-19-6-4-10-27-23(19)21/h3-10,17-18H,11-16H2,1-2H3,(H,28,29,30,31). The first-order chi connectivity index (χ1) is 17.1. The van der Waals surface area contributed by atoms with Crippen molar-refractivity contribution in [1.29, 1.82) is 0 Å². The maximum absolute atomic E-state index is 5.94. The van der Waals surface area contributed by atoms with Crippen molar-refractivity contribution >= 4 is 45.2 Å². The molecule has 4 aromatic rings. The van der Waals surface area contributed by atoms with Crippen LogP contribution in [-0.2, 0) is 9.47 Å². The Balaban J connectivity index is 1.42. The molecule has 9 heteroatoms. The topological polar surface area (TPSA) is 88.5 Å². The molecule has 6 rings (SSSR count). The van der Waals surface area contributed by atoms with E-state index < -0.39 is 0 Å². The molecule has 0 bridgehead atoms. The molecule has 2 saturated heterocycles. The Morgan fingerprint density at radius 3 is 2.51 bits per heavy atom. The van der Waals surface area contributed by atoms with Crippen LogP contribution in [0.2, 0.25) is 0 Å². The molecule has 2 aliphatic heterocycles. The molecule has 9 nitrogen and oxygen atoms in total. The van der Waals surface area contributed by atoms with Crippen LogP contribution < -0.4 is 15.1 Å². The van der Waals surface area contributed by atoms with E-state index in [1.54, 1.807) is 6.20 Å². The maximum atomic E-state index is 5.94. The number of rotatable bonds is 4. The van der Waals surface area contributed by atoms with Gasteiger partial charge >= 0.3 is 0 Å². The summed E-state index contributed by atoms with van der Waals surface area (Å²) in [5.74, 6) is 2.32. The fraction of sp³-hybridized carbons (Fsp3) is 0.385. The van der Waals surface area contributed by atoms with Crippen molar-refractivity contribution in [3.05, 3.63) is 48.7 Å². The molecule has 1 N–H and O–H groups in total. The normalized spacial score (nSPS) is 21.0. The zero-order valence-electron chi connectivity index (χ0n) is 20.0. The van der Waals surface area contributed by atoms with E-state index in [1.165, 1.54) is 0 Å². The van der Waals surface area contributed by atoms with Gasteiger partial charge < -0.3 is 24.6 Å². The Bertz CT molecular complexity index is 1340. The number of benzene rings is 1. The van der Waals surface area contributed by atoms with Crippen LogP contribution in [0.4, 0.5) is 23.3 Å². The highest BCUT2D eigenvalue weighted by Gasteiger charge is 2.26. The lowest BCUT2D eigenvalue weighted by Gasteiger charge is -2.36. The Morgan fingerprint density at radius 2 is 1.69 bits per heavy atom. The molecule has 1 aromatic carbocycles. The molecule has 0 aliphatic carbocycles. The highest BCUT2D eigenvalue weighted by Crippen LogP contribution is 2.30. The monoisotopic (exact) mass is 471 g/mol. The predicted molar refractivity (Wildman–Crippen MR) is 138 cm³/mol. The molecule has 0 radical (unpaired) electrons. The highest BCUT2D eigenvalue weighted by molar-refractivity contribution is 5.93. The molecule has 5 heterocycles. The first kappa shape index (κ1) is 21.9. The van der Waals surface area contributed by atoms with Crippen molar-refractivity contribution in [2.24, 2.45) is 0 Å². The SMILES string of the molecule is CC1CN(c2nc(N3CCOCC3)c3ccc(Nc4cccc5cccnc45)nc3n2)CC(C)O1. The Hall–Kier alpha value is -3.56. The van der Waals surface area contributed by atoms with E-state index in [9.17, 15) is 0 Å². The highest BCUT2D eigenvalue weighted by atomic mass is 16.5. The summed E-state index contributed by atoms with van der Waals surface area (Å²) in [7, 11) is 0. The van der Waals surface area contributed by atoms with Crippen molar-refractivity contribution in [3.63, 3.8) is 0 Å². The quantitative estimate of drug-likeness (QED) is 0.478. The van der Waals surface area contributed by atoms with Gasteiger partial charge in [0.2, 0.25) is 5.95 Å². The molecule has 2 aliphatic rings. The third-order valence-corrected chi connectivity index (χ3v) is 6.44. The van der Waals surface area contributed by atoms with Crippen molar-refractivity contribution in [2.75, 3.05) is 54.5 Å². The number of para-hydroxylation sites is 1. The van der Waals surface area contributed by atoms with Gasteiger partial charge in [-0.2, -0.15) is 9.97 Å². The number of pyridine rings is 2. The second-order valence-corrected chi connectivity index (χ2v) is 9.18. The zero-order chi connectivity index (χ0) is 23.8. The van der Waals surface area contributed by atoms with E-state index in [-0.39, 0.29) is 12.2 Å². The fourth-order valence-electron chi connectivity index (χ4n) is 4.89. The molecule has 2 atom stereocenters. The first-order valence-corrected chi connectivity index (χ1v) is 12.2. The van der Waals surface area contributed by atoms with Gasteiger partial charge in [-0.15, -0.1) is 0 Å². The van der Waals surface area contributed by atoms with Crippen molar-refractivity contribution in [2.45, 2.75) is 26.1 Å². The second kappa shape index (κ2) is 9.24. The summed E-state index contributed by atoms with van der Waals surface area (Å²) in [6.45, 7) is 8.64. The van der Waals surface area contributed by atoms with Gasteiger partial charge in [0, 0.05) is 37.8 Å². The number of nitrogens with one attached hydrogen (secondary N) is 1. The van der Waals surface area contributed by atoms with Crippen LogP contribution >= 0.6 is 0 Å². The second-order valence-electron chi connectivity index (χ2n) is 9.18. The van der Waals surface area contributed by atoms with Gasteiger partial charge in [0.15, 0.2) is 5.65 Å². The summed E-state index contributed by atoms with van der Waals surface area (Å²) in [6.07, 6.45) is 2.04. The number of hydrogen-bond donors (Lipinski definition) is 1. The molecular formula is C26H29N7O2. The third kappa shape index (κ3) is 4.44. The summed E-state index contributed by atoms with van der Waals surface area (Å²) in [6, 6.07) is 14.1. The Kier molecular flexibility index (Phi) is 5.79. The summed E-state index contributed by atoms with van der Waals surface area (Å²) in [4.78, 5) is 23.9. The van der Waals surface area contributed by atoms with Gasteiger partial charge in [-0.3, -0.25) is 4.98 Å². The third-order valence-electron chi connectivity index (χ3n) is 6.44. The lowest BCUT2D eigenvalue weighted by molar-refractivity contribution is -0.00570. The van der Waals surface area contributed by atoms with Gasteiger partial charge in [0.25, 0.3) is 0 Å². The lowest BCUT2D eigenvalue weighted by atomic mass is 10.2. The molecule has 0 amide bonds. The summed E-state index contributed by atoms with van der Waals surface area (Å²) >= 11 is 0. The van der Waals surface area contributed by atoms with Crippen molar-refractivity contribution < 1.29 is 9.47 Å². The number of morpholine rings is 2. The molecule has 3 aromatic heterocycles. The summed E-state index contributed by atoms with van der Waals surface area (Å²) < 4.78 is 11.5. The van der Waals surface area contributed by atoms with E-state index in [4.69, 9.17) is 24.4 Å². The van der Waals surface area contributed by atoms with Crippen LogP contribution in [0.25, 0.3) is 21.9 Å². The molecule has 35 heavy (non-hydrogen) atoms. The maximum Gasteiger partial charge on any atom is 0.229 e. The number of aromatic nitrogens is 4. The number of anilines is 4. The van der Waals surface area contributed by atoms with Gasteiger partial charge in [-0.05, 0) is 38.1 Å². The average molecular weight is 472 g/mol. The first-order valence-electron chi connectivity index (χ1n) is 12.2. The van der Waals surface area contributed by atoms with Crippen molar-refractivity contribution in [1.82, 2.24) is 19.9 Å². The minimum atomic E-state index is 0.115. The van der Waals surface area contributed by atoms with Gasteiger partial charge in [-0.1, -0.05) is 18.2 Å². The van der Waals surface area contributed by atoms with E-state index in [2.05, 4.69) is 52.1 Å².